The molecular weight excluding hydrogens is 202 g/mol. The number of methoxy groups -OCH3 is 1. The number of hydrogen-bond donors (Lipinski definition) is 1. The fraction of sp³-hybridized carbons (Fsp3) is 1.00. The van der Waals surface area contributed by atoms with E-state index >= 15 is 0 Å². The van der Waals surface area contributed by atoms with Crippen LogP contribution in [0.5, 0.6) is 0 Å². The van der Waals surface area contributed by atoms with Gasteiger partial charge in [-0.2, -0.15) is 0 Å². The summed E-state index contributed by atoms with van der Waals surface area (Å²) in [5, 5.41) is 3.49. The quantitative estimate of drug-likeness (QED) is 0.582. The van der Waals surface area contributed by atoms with Gasteiger partial charge in [-0.05, 0) is 37.5 Å². The largest absolute Gasteiger partial charge is 0.383 e. The number of ether oxygens (including phenoxy) is 2. The molecule has 1 rings (SSSR count). The molecule has 0 aromatic rings. The second-order valence-corrected chi connectivity index (χ2v) is 5.04. The van der Waals surface area contributed by atoms with Crippen LogP contribution in [-0.4, -0.2) is 40.0 Å². The lowest BCUT2D eigenvalue weighted by Crippen LogP contribution is -2.36. The molecule has 1 saturated carbocycles. The van der Waals surface area contributed by atoms with Crippen molar-refractivity contribution in [2.45, 2.75) is 33.1 Å². The molecule has 1 N–H and O–H groups in total. The maximum Gasteiger partial charge on any atom is 0.0587 e. The highest BCUT2D eigenvalue weighted by atomic mass is 16.5. The lowest BCUT2D eigenvalue weighted by atomic mass is 9.81. The molecule has 0 aromatic carbocycles. The Morgan fingerprint density at radius 1 is 1.31 bits per heavy atom. The maximum atomic E-state index is 5.48. The van der Waals surface area contributed by atoms with E-state index in [0.29, 0.717) is 5.41 Å². The molecule has 1 aliphatic rings. The van der Waals surface area contributed by atoms with Crippen molar-refractivity contribution in [2.24, 2.45) is 11.3 Å². The minimum Gasteiger partial charge on any atom is -0.383 e. The molecule has 0 saturated heterocycles. The van der Waals surface area contributed by atoms with Gasteiger partial charge in [0.25, 0.3) is 0 Å². The molecule has 0 amide bonds. The third-order valence-electron chi connectivity index (χ3n) is 3.60. The van der Waals surface area contributed by atoms with Crippen LogP contribution in [0.2, 0.25) is 0 Å². The molecule has 1 unspecified atom stereocenters. The first-order valence-electron chi connectivity index (χ1n) is 6.50. The molecule has 0 aromatic heterocycles. The van der Waals surface area contributed by atoms with Crippen LogP contribution in [-0.2, 0) is 9.47 Å². The van der Waals surface area contributed by atoms with Crippen molar-refractivity contribution in [3.8, 4) is 0 Å². The molecule has 0 heterocycles. The van der Waals surface area contributed by atoms with Gasteiger partial charge in [0, 0.05) is 33.4 Å². The van der Waals surface area contributed by atoms with Crippen LogP contribution in [0.25, 0.3) is 0 Å². The maximum absolute atomic E-state index is 5.48. The van der Waals surface area contributed by atoms with Gasteiger partial charge in [-0.25, -0.2) is 0 Å². The molecule has 3 heteroatoms. The van der Waals surface area contributed by atoms with Gasteiger partial charge in [0.15, 0.2) is 0 Å². The molecule has 1 atom stereocenters. The normalized spacial score (nSPS) is 19.7. The molecule has 0 spiro atoms. The van der Waals surface area contributed by atoms with E-state index < -0.39 is 0 Å². The van der Waals surface area contributed by atoms with Gasteiger partial charge in [-0.3, -0.25) is 0 Å². The highest BCUT2D eigenvalue weighted by Gasteiger charge is 2.40. The summed E-state index contributed by atoms with van der Waals surface area (Å²) in [5.41, 5.74) is 0.420. The van der Waals surface area contributed by atoms with Gasteiger partial charge < -0.3 is 14.8 Å². The predicted octanol–water partition coefficient (Wildman–Crippen LogP) is 2.07. The van der Waals surface area contributed by atoms with Crippen molar-refractivity contribution in [3.63, 3.8) is 0 Å². The lowest BCUT2D eigenvalue weighted by Gasteiger charge is -2.30. The third-order valence-corrected chi connectivity index (χ3v) is 3.60. The standard InChI is InChI=1S/C13H27NO2/c1-4-16-9-7-13(2,12-5-6-12)11-14-8-10-15-3/h12,14H,4-11H2,1-3H3. The van der Waals surface area contributed by atoms with Crippen LogP contribution >= 0.6 is 0 Å². The van der Waals surface area contributed by atoms with E-state index in [-0.39, 0.29) is 0 Å². The van der Waals surface area contributed by atoms with Crippen LogP contribution in [0.15, 0.2) is 0 Å². The summed E-state index contributed by atoms with van der Waals surface area (Å²) in [4.78, 5) is 0. The summed E-state index contributed by atoms with van der Waals surface area (Å²) in [6.07, 6.45) is 3.97. The van der Waals surface area contributed by atoms with Crippen LogP contribution < -0.4 is 5.32 Å². The highest BCUT2D eigenvalue weighted by Crippen LogP contribution is 2.47. The smallest absolute Gasteiger partial charge is 0.0587 e. The Balaban J connectivity index is 2.21. The molecule has 0 radical (unpaired) electrons. The Morgan fingerprint density at radius 3 is 2.62 bits per heavy atom. The van der Waals surface area contributed by atoms with Crippen LogP contribution in [0.1, 0.15) is 33.1 Å². The molecule has 96 valence electrons. The van der Waals surface area contributed by atoms with E-state index in [9.17, 15) is 0 Å². The Hall–Kier alpha value is -0.120. The lowest BCUT2D eigenvalue weighted by molar-refractivity contribution is 0.0968. The SMILES string of the molecule is CCOCCC(C)(CNCCOC)C1CC1. The first kappa shape index (κ1) is 13.9. The van der Waals surface area contributed by atoms with E-state index in [1.165, 1.54) is 19.3 Å². The topological polar surface area (TPSA) is 30.5 Å². The van der Waals surface area contributed by atoms with Gasteiger partial charge >= 0.3 is 0 Å². The zero-order chi connectivity index (χ0) is 11.9. The first-order valence-corrected chi connectivity index (χ1v) is 6.50. The Morgan fingerprint density at radius 2 is 2.06 bits per heavy atom. The van der Waals surface area contributed by atoms with Crippen molar-refractivity contribution in [1.29, 1.82) is 0 Å². The van der Waals surface area contributed by atoms with E-state index in [4.69, 9.17) is 9.47 Å². The predicted molar refractivity (Wildman–Crippen MR) is 66.7 cm³/mol. The Labute approximate surface area is 99.9 Å². The fourth-order valence-corrected chi connectivity index (χ4v) is 2.21. The van der Waals surface area contributed by atoms with E-state index in [0.717, 1.165) is 38.8 Å². The van der Waals surface area contributed by atoms with Crippen molar-refractivity contribution in [2.75, 3.05) is 40.0 Å². The molecule has 1 aliphatic carbocycles. The van der Waals surface area contributed by atoms with E-state index in [2.05, 4.69) is 19.2 Å². The summed E-state index contributed by atoms with van der Waals surface area (Å²) in [7, 11) is 1.75. The summed E-state index contributed by atoms with van der Waals surface area (Å²) in [6.45, 7) is 9.02. The van der Waals surface area contributed by atoms with Crippen molar-refractivity contribution < 1.29 is 9.47 Å². The molecule has 1 fully saturated rings. The number of rotatable bonds is 10. The summed E-state index contributed by atoms with van der Waals surface area (Å²) in [6, 6.07) is 0. The Kier molecular flexibility index (Phi) is 6.32. The molecule has 0 bridgehead atoms. The van der Waals surface area contributed by atoms with Crippen LogP contribution in [0.4, 0.5) is 0 Å². The van der Waals surface area contributed by atoms with Crippen molar-refractivity contribution in [1.82, 2.24) is 5.32 Å². The highest BCUT2D eigenvalue weighted by molar-refractivity contribution is 4.92. The van der Waals surface area contributed by atoms with Gasteiger partial charge in [-0.1, -0.05) is 6.92 Å². The number of hydrogen-bond acceptors (Lipinski definition) is 3. The van der Waals surface area contributed by atoms with E-state index in [1.54, 1.807) is 7.11 Å². The molecule has 3 nitrogen and oxygen atoms in total. The zero-order valence-electron chi connectivity index (χ0n) is 11.1. The van der Waals surface area contributed by atoms with Crippen LogP contribution in [0.3, 0.4) is 0 Å². The van der Waals surface area contributed by atoms with E-state index in [1.807, 2.05) is 0 Å². The average Bonchev–Trinajstić information content (AvgIpc) is 3.09. The summed E-state index contributed by atoms with van der Waals surface area (Å²) >= 11 is 0. The Bertz CT molecular complexity index is 183. The van der Waals surface area contributed by atoms with Crippen LogP contribution in [0, 0.1) is 11.3 Å². The van der Waals surface area contributed by atoms with Crippen molar-refractivity contribution >= 4 is 0 Å². The third kappa shape index (κ3) is 4.81. The van der Waals surface area contributed by atoms with Gasteiger partial charge in [-0.15, -0.1) is 0 Å². The average molecular weight is 229 g/mol. The number of nitrogens with one attached hydrogen (secondary N) is 1. The van der Waals surface area contributed by atoms with Crippen molar-refractivity contribution in [3.05, 3.63) is 0 Å². The zero-order valence-corrected chi connectivity index (χ0v) is 11.1. The summed E-state index contributed by atoms with van der Waals surface area (Å²) in [5.74, 6) is 0.906. The second-order valence-electron chi connectivity index (χ2n) is 5.04. The van der Waals surface area contributed by atoms with Gasteiger partial charge in [0.05, 0.1) is 6.61 Å². The minimum atomic E-state index is 0.420. The molecule has 0 aliphatic heterocycles. The fourth-order valence-electron chi connectivity index (χ4n) is 2.21. The van der Waals surface area contributed by atoms with Gasteiger partial charge in [0.1, 0.15) is 0 Å². The minimum absolute atomic E-state index is 0.420. The second kappa shape index (κ2) is 7.25. The molecule has 16 heavy (non-hydrogen) atoms. The monoisotopic (exact) mass is 229 g/mol. The summed E-state index contributed by atoms with van der Waals surface area (Å²) < 4.78 is 10.5. The first-order chi connectivity index (χ1) is 7.73. The molecular formula is C13H27NO2. The van der Waals surface area contributed by atoms with Gasteiger partial charge in [0.2, 0.25) is 0 Å².